The van der Waals surface area contributed by atoms with Crippen LogP contribution < -0.4 is 9.80 Å². The zero-order chi connectivity index (χ0) is 37.0. The summed E-state index contributed by atoms with van der Waals surface area (Å²) < 4.78 is 0. The molecule has 2 nitrogen and oxygen atoms in total. The van der Waals surface area contributed by atoms with E-state index in [0.29, 0.717) is 0 Å². The van der Waals surface area contributed by atoms with Crippen molar-refractivity contribution in [2.75, 3.05) is 9.80 Å². The Morgan fingerprint density at radius 3 is 0.679 bits per heavy atom. The van der Waals surface area contributed by atoms with Gasteiger partial charge in [-0.1, -0.05) is 146 Å². The van der Waals surface area contributed by atoms with E-state index >= 15 is 0 Å². The first kappa shape index (κ1) is 32.0. The molecule has 11 rings (SSSR count). The van der Waals surface area contributed by atoms with Crippen molar-refractivity contribution in [2.45, 2.75) is 0 Å². The fraction of sp³-hybridized carbons (Fsp3) is 0. The number of para-hydroxylation sites is 2. The van der Waals surface area contributed by atoms with E-state index in [1.807, 2.05) is 0 Å². The van der Waals surface area contributed by atoms with E-state index < -0.39 is 0 Å². The fourth-order valence-corrected chi connectivity index (χ4v) is 8.87. The molecule has 11 aromatic carbocycles. The lowest BCUT2D eigenvalue weighted by Gasteiger charge is -2.29. The van der Waals surface area contributed by atoms with Gasteiger partial charge in [0, 0.05) is 34.1 Å². The Bertz CT molecular complexity index is 2950. The number of fused-ring (bicyclic) bond motifs is 12. The van der Waals surface area contributed by atoms with Gasteiger partial charge in [0.15, 0.2) is 0 Å². The van der Waals surface area contributed by atoms with Gasteiger partial charge in [0.25, 0.3) is 0 Å². The van der Waals surface area contributed by atoms with Gasteiger partial charge in [-0.2, -0.15) is 0 Å². The van der Waals surface area contributed by atoms with Crippen LogP contribution in [0, 0.1) is 0 Å². The maximum atomic E-state index is 2.37. The van der Waals surface area contributed by atoms with Crippen molar-refractivity contribution in [1.82, 2.24) is 0 Å². The molecule has 0 saturated heterocycles. The van der Waals surface area contributed by atoms with E-state index in [2.05, 4.69) is 228 Å². The van der Waals surface area contributed by atoms with Crippen molar-refractivity contribution in [3.8, 4) is 0 Å². The van der Waals surface area contributed by atoms with E-state index in [9.17, 15) is 0 Å². The average Bonchev–Trinajstić information content (AvgIpc) is 3.28. The van der Waals surface area contributed by atoms with Crippen LogP contribution in [-0.2, 0) is 0 Å². The average molecular weight is 713 g/mol. The first-order valence-corrected chi connectivity index (χ1v) is 19.3. The van der Waals surface area contributed by atoms with E-state index in [1.54, 1.807) is 0 Å². The molecule has 0 N–H and O–H groups in total. The zero-order valence-corrected chi connectivity index (χ0v) is 30.7. The van der Waals surface area contributed by atoms with Crippen molar-refractivity contribution in [1.29, 1.82) is 0 Å². The smallest absolute Gasteiger partial charge is 0.0468 e. The summed E-state index contributed by atoms with van der Waals surface area (Å²) in [5, 5.41) is 15.2. The van der Waals surface area contributed by atoms with Gasteiger partial charge in [-0.05, 0) is 137 Å². The minimum atomic E-state index is 1.09. The van der Waals surface area contributed by atoms with E-state index in [1.165, 1.54) is 64.6 Å². The van der Waals surface area contributed by atoms with Gasteiger partial charge in [-0.15, -0.1) is 0 Å². The molecule has 0 saturated carbocycles. The van der Waals surface area contributed by atoms with Crippen LogP contribution in [0.1, 0.15) is 0 Å². The summed E-state index contributed by atoms with van der Waals surface area (Å²) in [6, 6.07) is 79.4. The first-order valence-electron chi connectivity index (χ1n) is 19.3. The minimum Gasteiger partial charge on any atom is -0.310 e. The van der Waals surface area contributed by atoms with Gasteiger partial charge in [-0.25, -0.2) is 0 Å². The molecular weight excluding hydrogens is 677 g/mol. The Balaban J connectivity index is 1.07. The quantitative estimate of drug-likeness (QED) is 0.158. The van der Waals surface area contributed by atoms with Crippen LogP contribution in [0.15, 0.2) is 218 Å². The molecule has 0 aliphatic carbocycles. The van der Waals surface area contributed by atoms with Crippen LogP contribution in [0.2, 0.25) is 0 Å². The summed E-state index contributed by atoms with van der Waals surface area (Å²) in [4.78, 5) is 4.74. The standard InChI is InChI=1S/C54H36N2/c1-3-15-37(16-4-1)55(41-31-33-51-47-23-9-7-19-43(47)45-21-11-13-25-49(45)53(51)35-41)39-27-29-40(30-28-39)56(38-17-5-2-6-18-38)42-32-34-52-48-24-10-8-20-44(48)46-22-12-14-26-50(46)54(52)36-42/h1-36H. The molecule has 0 spiro atoms. The molecule has 56 heavy (non-hydrogen) atoms. The predicted octanol–water partition coefficient (Wildman–Crippen LogP) is 15.5. The minimum absolute atomic E-state index is 1.09. The molecule has 0 aliphatic rings. The molecule has 0 aliphatic heterocycles. The molecule has 0 fully saturated rings. The largest absolute Gasteiger partial charge is 0.310 e. The third-order valence-electron chi connectivity index (χ3n) is 11.4. The van der Waals surface area contributed by atoms with Gasteiger partial charge < -0.3 is 9.80 Å². The summed E-state index contributed by atoms with van der Waals surface area (Å²) in [5.41, 5.74) is 6.63. The van der Waals surface area contributed by atoms with Crippen LogP contribution in [0.25, 0.3) is 64.6 Å². The Hall–Kier alpha value is -7.42. The van der Waals surface area contributed by atoms with Gasteiger partial charge >= 0.3 is 0 Å². The molecule has 0 radical (unpaired) electrons. The van der Waals surface area contributed by atoms with Crippen molar-refractivity contribution in [2.24, 2.45) is 0 Å². The van der Waals surface area contributed by atoms with Gasteiger partial charge in [0.05, 0.1) is 0 Å². The topological polar surface area (TPSA) is 6.48 Å². The van der Waals surface area contributed by atoms with Gasteiger partial charge in [0.2, 0.25) is 0 Å². The molecule has 0 bridgehead atoms. The highest BCUT2D eigenvalue weighted by atomic mass is 15.2. The van der Waals surface area contributed by atoms with Crippen LogP contribution in [0.5, 0.6) is 0 Å². The highest BCUT2D eigenvalue weighted by Crippen LogP contribution is 2.44. The maximum absolute atomic E-state index is 2.37. The van der Waals surface area contributed by atoms with Crippen LogP contribution in [-0.4, -0.2) is 0 Å². The molecule has 2 heteroatoms. The zero-order valence-electron chi connectivity index (χ0n) is 30.7. The van der Waals surface area contributed by atoms with E-state index in [4.69, 9.17) is 0 Å². The molecule has 0 heterocycles. The SMILES string of the molecule is c1ccc(N(c2ccc(N(c3ccccc3)c3ccc4c5ccccc5c5ccccc5c4c3)cc2)c2ccc3c4ccccc4c4ccccc4c3c2)cc1. The lowest BCUT2D eigenvalue weighted by molar-refractivity contribution is 1.26. The number of nitrogens with zero attached hydrogens (tertiary/aromatic N) is 2. The molecule has 11 aromatic rings. The highest BCUT2D eigenvalue weighted by Gasteiger charge is 2.19. The van der Waals surface area contributed by atoms with Crippen molar-refractivity contribution in [3.05, 3.63) is 218 Å². The van der Waals surface area contributed by atoms with Gasteiger partial charge in [-0.3, -0.25) is 0 Å². The summed E-state index contributed by atoms with van der Waals surface area (Å²) >= 11 is 0. The lowest BCUT2D eigenvalue weighted by Crippen LogP contribution is -2.12. The molecule has 262 valence electrons. The number of hydrogen-bond acceptors (Lipinski definition) is 2. The van der Waals surface area contributed by atoms with Crippen LogP contribution in [0.4, 0.5) is 34.1 Å². The van der Waals surface area contributed by atoms with E-state index in [0.717, 1.165) is 34.1 Å². The maximum Gasteiger partial charge on any atom is 0.0468 e. The molecule has 0 amide bonds. The fourth-order valence-electron chi connectivity index (χ4n) is 8.87. The Kier molecular flexibility index (Phi) is 7.53. The number of hydrogen-bond donors (Lipinski definition) is 0. The molecule has 0 atom stereocenters. The lowest BCUT2D eigenvalue weighted by atomic mass is 9.94. The number of anilines is 6. The van der Waals surface area contributed by atoms with E-state index in [-0.39, 0.29) is 0 Å². The second-order valence-electron chi connectivity index (χ2n) is 14.5. The second-order valence-corrected chi connectivity index (χ2v) is 14.5. The third kappa shape index (κ3) is 5.19. The Morgan fingerprint density at radius 1 is 0.161 bits per heavy atom. The summed E-state index contributed by atoms with van der Waals surface area (Å²) in [6.45, 7) is 0. The third-order valence-corrected chi connectivity index (χ3v) is 11.4. The summed E-state index contributed by atoms with van der Waals surface area (Å²) in [6.07, 6.45) is 0. The van der Waals surface area contributed by atoms with Crippen LogP contribution >= 0.6 is 0 Å². The predicted molar refractivity (Wildman–Crippen MR) is 241 cm³/mol. The Morgan fingerprint density at radius 2 is 0.375 bits per heavy atom. The number of rotatable bonds is 6. The summed E-state index contributed by atoms with van der Waals surface area (Å²) in [5.74, 6) is 0. The molecule has 0 unspecified atom stereocenters. The Labute approximate surface area is 325 Å². The van der Waals surface area contributed by atoms with Crippen molar-refractivity contribution in [3.63, 3.8) is 0 Å². The first-order chi connectivity index (χ1) is 27.8. The monoisotopic (exact) mass is 712 g/mol. The van der Waals surface area contributed by atoms with Crippen molar-refractivity contribution < 1.29 is 0 Å². The second kappa shape index (κ2) is 13.2. The normalized spacial score (nSPS) is 11.6. The summed E-state index contributed by atoms with van der Waals surface area (Å²) in [7, 11) is 0. The molecular formula is C54H36N2. The number of benzene rings is 11. The molecule has 0 aromatic heterocycles. The van der Waals surface area contributed by atoms with Crippen LogP contribution in [0.3, 0.4) is 0 Å². The van der Waals surface area contributed by atoms with Crippen molar-refractivity contribution >= 4 is 98.8 Å². The van der Waals surface area contributed by atoms with Gasteiger partial charge in [0.1, 0.15) is 0 Å². The highest BCUT2D eigenvalue weighted by molar-refractivity contribution is 6.27.